The van der Waals surface area contributed by atoms with Crippen molar-refractivity contribution in [2.75, 3.05) is 0 Å². The van der Waals surface area contributed by atoms with E-state index in [0.717, 1.165) is 10.7 Å². The first-order valence-corrected chi connectivity index (χ1v) is 8.74. The zero-order valence-electron chi connectivity index (χ0n) is 14.6. The molecule has 0 aliphatic carbocycles. The molecule has 7 heteroatoms. The third kappa shape index (κ3) is 3.96. The van der Waals surface area contributed by atoms with Crippen LogP contribution in [0.1, 0.15) is 72.7 Å². The maximum absolute atomic E-state index is 12.9. The van der Waals surface area contributed by atoms with Gasteiger partial charge >= 0.3 is 0 Å². The van der Waals surface area contributed by atoms with Crippen molar-refractivity contribution in [3.05, 3.63) is 27.4 Å². The summed E-state index contributed by atoms with van der Waals surface area (Å²) in [6.45, 7) is 12.3. The molecule has 0 aliphatic heterocycles. The van der Waals surface area contributed by atoms with E-state index in [1.165, 1.54) is 11.3 Å². The van der Waals surface area contributed by atoms with E-state index in [9.17, 15) is 4.79 Å². The number of thiazole rings is 1. The molecule has 0 saturated carbocycles. The highest BCUT2D eigenvalue weighted by molar-refractivity contribution is 7.13. The SMILES string of the molecule is CCc1nnc(CN(C(=O)c2sc(C(C)C)nc2C)C(C)C)o1. The Bertz CT molecular complexity index is 675. The minimum Gasteiger partial charge on any atom is -0.423 e. The maximum atomic E-state index is 12.9. The Hall–Kier alpha value is -1.76. The Labute approximate surface area is 140 Å². The van der Waals surface area contributed by atoms with Gasteiger partial charge in [0.1, 0.15) is 4.88 Å². The zero-order chi connectivity index (χ0) is 17.1. The summed E-state index contributed by atoms with van der Waals surface area (Å²) in [5, 5.41) is 8.96. The lowest BCUT2D eigenvalue weighted by Crippen LogP contribution is -2.36. The van der Waals surface area contributed by atoms with E-state index in [-0.39, 0.29) is 11.9 Å². The Morgan fingerprint density at radius 3 is 2.35 bits per heavy atom. The molecule has 2 aromatic heterocycles. The van der Waals surface area contributed by atoms with Crippen LogP contribution in [-0.2, 0) is 13.0 Å². The molecule has 23 heavy (non-hydrogen) atoms. The minimum absolute atomic E-state index is 0.0295. The van der Waals surface area contributed by atoms with Gasteiger partial charge in [-0.3, -0.25) is 4.79 Å². The normalized spacial score (nSPS) is 11.5. The van der Waals surface area contributed by atoms with E-state index in [4.69, 9.17) is 4.42 Å². The molecule has 0 aliphatic rings. The smallest absolute Gasteiger partial charge is 0.266 e. The number of carbonyl (C=O) groups is 1. The summed E-state index contributed by atoms with van der Waals surface area (Å²) in [5.41, 5.74) is 0.786. The number of aryl methyl sites for hydroxylation is 2. The first-order chi connectivity index (χ1) is 10.8. The molecule has 0 N–H and O–H groups in total. The lowest BCUT2D eigenvalue weighted by atomic mass is 10.2. The van der Waals surface area contributed by atoms with Crippen molar-refractivity contribution in [3.8, 4) is 0 Å². The number of aromatic nitrogens is 3. The minimum atomic E-state index is -0.0295. The molecule has 2 aromatic rings. The summed E-state index contributed by atoms with van der Waals surface area (Å²) in [6.07, 6.45) is 0.689. The van der Waals surface area contributed by atoms with Crippen LogP contribution in [0.5, 0.6) is 0 Å². The van der Waals surface area contributed by atoms with Gasteiger partial charge in [-0.05, 0) is 20.8 Å². The van der Waals surface area contributed by atoms with E-state index in [1.54, 1.807) is 4.90 Å². The van der Waals surface area contributed by atoms with Gasteiger partial charge in [-0.15, -0.1) is 21.5 Å². The fourth-order valence-corrected chi connectivity index (χ4v) is 3.15. The average molecular weight is 336 g/mol. The molecule has 0 radical (unpaired) electrons. The van der Waals surface area contributed by atoms with Gasteiger partial charge in [0.25, 0.3) is 5.91 Å². The van der Waals surface area contributed by atoms with Gasteiger partial charge < -0.3 is 9.32 Å². The van der Waals surface area contributed by atoms with Gasteiger partial charge in [0.05, 0.1) is 17.2 Å². The number of hydrogen-bond acceptors (Lipinski definition) is 6. The number of carbonyl (C=O) groups excluding carboxylic acids is 1. The Morgan fingerprint density at radius 2 is 1.87 bits per heavy atom. The Balaban J connectivity index is 2.24. The summed E-state index contributed by atoms with van der Waals surface area (Å²) in [6, 6.07) is 0.0310. The van der Waals surface area contributed by atoms with Crippen molar-refractivity contribution < 1.29 is 9.21 Å². The van der Waals surface area contributed by atoms with Crippen LogP contribution < -0.4 is 0 Å². The van der Waals surface area contributed by atoms with Crippen LogP contribution >= 0.6 is 11.3 Å². The molecule has 0 spiro atoms. The van der Waals surface area contributed by atoms with Crippen molar-refractivity contribution in [1.29, 1.82) is 0 Å². The van der Waals surface area contributed by atoms with Crippen molar-refractivity contribution in [3.63, 3.8) is 0 Å². The first kappa shape index (κ1) is 17.6. The largest absolute Gasteiger partial charge is 0.423 e. The second-order valence-corrected chi connectivity index (χ2v) is 7.12. The van der Waals surface area contributed by atoms with E-state index in [0.29, 0.717) is 35.5 Å². The van der Waals surface area contributed by atoms with Gasteiger partial charge in [-0.2, -0.15) is 0 Å². The molecule has 0 atom stereocenters. The van der Waals surface area contributed by atoms with Crippen molar-refractivity contribution in [2.24, 2.45) is 0 Å². The summed E-state index contributed by atoms with van der Waals surface area (Å²) in [5.74, 6) is 1.34. The monoisotopic (exact) mass is 336 g/mol. The predicted octanol–water partition coefficient (Wildman–Crippen LogP) is 3.57. The maximum Gasteiger partial charge on any atom is 0.266 e. The molecule has 0 saturated heterocycles. The summed E-state index contributed by atoms with van der Waals surface area (Å²) < 4.78 is 5.54. The molecule has 0 aromatic carbocycles. The van der Waals surface area contributed by atoms with Gasteiger partial charge in [0.15, 0.2) is 0 Å². The Kier molecular flexibility index (Phi) is 5.51. The van der Waals surface area contributed by atoms with Crippen LogP contribution in [0.25, 0.3) is 0 Å². The molecule has 0 fully saturated rings. The van der Waals surface area contributed by atoms with E-state index in [1.807, 2.05) is 27.7 Å². The summed E-state index contributed by atoms with van der Waals surface area (Å²) in [4.78, 5) is 19.9. The van der Waals surface area contributed by atoms with E-state index < -0.39 is 0 Å². The number of nitrogens with zero attached hydrogens (tertiary/aromatic N) is 4. The highest BCUT2D eigenvalue weighted by Gasteiger charge is 2.26. The van der Waals surface area contributed by atoms with E-state index in [2.05, 4.69) is 29.0 Å². The number of rotatable bonds is 6. The van der Waals surface area contributed by atoms with Crippen LogP contribution in [0, 0.1) is 6.92 Å². The highest BCUT2D eigenvalue weighted by atomic mass is 32.1. The zero-order valence-corrected chi connectivity index (χ0v) is 15.4. The summed E-state index contributed by atoms with van der Waals surface area (Å²) >= 11 is 1.47. The highest BCUT2D eigenvalue weighted by Crippen LogP contribution is 2.26. The molecule has 6 nitrogen and oxygen atoms in total. The molecule has 0 bridgehead atoms. The fourth-order valence-electron chi connectivity index (χ4n) is 2.12. The van der Waals surface area contributed by atoms with Crippen molar-refractivity contribution in [2.45, 2.75) is 66.5 Å². The average Bonchev–Trinajstić information content (AvgIpc) is 3.10. The third-order valence-electron chi connectivity index (χ3n) is 3.50. The second kappa shape index (κ2) is 7.21. The van der Waals surface area contributed by atoms with Crippen LogP contribution in [-0.4, -0.2) is 32.0 Å². The fraction of sp³-hybridized carbons (Fsp3) is 0.625. The van der Waals surface area contributed by atoms with Crippen molar-refractivity contribution >= 4 is 17.2 Å². The van der Waals surface area contributed by atoms with Gasteiger partial charge in [0.2, 0.25) is 11.8 Å². The summed E-state index contributed by atoms with van der Waals surface area (Å²) in [7, 11) is 0. The van der Waals surface area contributed by atoms with Crippen molar-refractivity contribution in [1.82, 2.24) is 20.1 Å². The predicted molar refractivity (Wildman–Crippen MR) is 89.6 cm³/mol. The van der Waals surface area contributed by atoms with Crippen LogP contribution in [0.4, 0.5) is 0 Å². The van der Waals surface area contributed by atoms with Crippen LogP contribution in [0.15, 0.2) is 4.42 Å². The van der Waals surface area contributed by atoms with Gasteiger partial charge in [0, 0.05) is 18.4 Å². The second-order valence-electron chi connectivity index (χ2n) is 6.09. The van der Waals surface area contributed by atoms with Crippen LogP contribution in [0.3, 0.4) is 0 Å². The third-order valence-corrected chi connectivity index (χ3v) is 4.95. The van der Waals surface area contributed by atoms with E-state index >= 15 is 0 Å². The number of hydrogen-bond donors (Lipinski definition) is 0. The van der Waals surface area contributed by atoms with Crippen LogP contribution in [0.2, 0.25) is 0 Å². The van der Waals surface area contributed by atoms with Gasteiger partial charge in [-0.25, -0.2) is 4.98 Å². The lowest BCUT2D eigenvalue weighted by molar-refractivity contribution is 0.0675. The molecule has 1 amide bonds. The quantitative estimate of drug-likeness (QED) is 0.806. The van der Waals surface area contributed by atoms with Gasteiger partial charge in [-0.1, -0.05) is 20.8 Å². The standard InChI is InChI=1S/C16H24N4O2S/c1-7-12-18-19-13(22-12)8-20(10(4)5)16(21)14-11(6)17-15(23-14)9(2)3/h9-10H,7-8H2,1-6H3. The number of amides is 1. The molecule has 0 unspecified atom stereocenters. The first-order valence-electron chi connectivity index (χ1n) is 7.93. The molecule has 2 rings (SSSR count). The molecule has 2 heterocycles. The lowest BCUT2D eigenvalue weighted by Gasteiger charge is -2.24. The molecular weight excluding hydrogens is 312 g/mol. The molecule has 126 valence electrons. The Morgan fingerprint density at radius 1 is 1.22 bits per heavy atom. The molecular formula is C16H24N4O2S. The topological polar surface area (TPSA) is 72.1 Å².